The Bertz CT molecular complexity index is 431. The monoisotopic (exact) mass is 235 g/mol. The minimum atomic E-state index is -0.0635. The van der Waals surface area contributed by atoms with Crippen molar-refractivity contribution in [3.8, 4) is 11.5 Å². The Kier molecular flexibility index (Phi) is 2.49. The quantitative estimate of drug-likeness (QED) is 0.806. The smallest absolute Gasteiger partial charge is 0.231 e. The Balaban J connectivity index is 1.93. The van der Waals surface area contributed by atoms with E-state index in [1.54, 1.807) is 0 Å². The Morgan fingerprint density at radius 2 is 2.06 bits per heavy atom. The van der Waals surface area contributed by atoms with Crippen LogP contribution in [-0.2, 0) is 4.74 Å². The van der Waals surface area contributed by atoms with Gasteiger partial charge in [-0.1, -0.05) is 6.07 Å². The van der Waals surface area contributed by atoms with Gasteiger partial charge >= 0.3 is 0 Å². The first kappa shape index (κ1) is 10.9. The fourth-order valence-corrected chi connectivity index (χ4v) is 2.44. The molecule has 2 aliphatic heterocycles. The molecular formula is C13H17NO3. The van der Waals surface area contributed by atoms with Gasteiger partial charge in [0.25, 0.3) is 0 Å². The van der Waals surface area contributed by atoms with E-state index in [0.717, 1.165) is 30.2 Å². The fraction of sp³-hybridized carbons (Fsp3) is 0.538. The lowest BCUT2D eigenvalue weighted by Crippen LogP contribution is -2.51. The van der Waals surface area contributed by atoms with Crippen molar-refractivity contribution in [3.63, 3.8) is 0 Å². The van der Waals surface area contributed by atoms with Gasteiger partial charge in [0.2, 0.25) is 6.79 Å². The van der Waals surface area contributed by atoms with Crippen molar-refractivity contribution < 1.29 is 14.2 Å². The number of benzene rings is 1. The van der Waals surface area contributed by atoms with Gasteiger partial charge in [0, 0.05) is 12.1 Å². The van der Waals surface area contributed by atoms with Crippen LogP contribution in [0.4, 0.5) is 0 Å². The molecule has 1 fully saturated rings. The van der Waals surface area contributed by atoms with Crippen LogP contribution in [0.3, 0.4) is 0 Å². The topological polar surface area (TPSA) is 39.7 Å². The first-order valence-electron chi connectivity index (χ1n) is 5.93. The van der Waals surface area contributed by atoms with Gasteiger partial charge in [0.1, 0.15) is 6.10 Å². The maximum Gasteiger partial charge on any atom is 0.231 e. The highest BCUT2D eigenvalue weighted by Gasteiger charge is 2.34. The van der Waals surface area contributed by atoms with Crippen LogP contribution in [0.25, 0.3) is 0 Å². The minimum Gasteiger partial charge on any atom is -0.454 e. The van der Waals surface area contributed by atoms with Crippen molar-refractivity contribution in [2.24, 2.45) is 0 Å². The molecule has 4 nitrogen and oxygen atoms in total. The summed E-state index contributed by atoms with van der Waals surface area (Å²) in [5.74, 6) is 1.63. The van der Waals surface area contributed by atoms with Gasteiger partial charge in [-0.25, -0.2) is 0 Å². The molecule has 1 unspecified atom stereocenters. The SMILES string of the molecule is CC1(C)NCCOC1c1ccc2c(c1)OCO2. The predicted molar refractivity (Wildman–Crippen MR) is 63.3 cm³/mol. The van der Waals surface area contributed by atoms with Crippen molar-refractivity contribution in [1.82, 2.24) is 5.32 Å². The Hall–Kier alpha value is -1.26. The van der Waals surface area contributed by atoms with E-state index in [1.807, 2.05) is 18.2 Å². The molecule has 1 atom stereocenters. The summed E-state index contributed by atoms with van der Waals surface area (Å²) >= 11 is 0. The molecule has 17 heavy (non-hydrogen) atoms. The second-order valence-electron chi connectivity index (χ2n) is 5.01. The number of rotatable bonds is 1. The second kappa shape index (κ2) is 3.89. The van der Waals surface area contributed by atoms with Crippen molar-refractivity contribution in [2.45, 2.75) is 25.5 Å². The highest BCUT2D eigenvalue weighted by molar-refractivity contribution is 5.45. The highest BCUT2D eigenvalue weighted by Crippen LogP contribution is 2.38. The van der Waals surface area contributed by atoms with Crippen LogP contribution in [0, 0.1) is 0 Å². The van der Waals surface area contributed by atoms with E-state index in [0.29, 0.717) is 6.79 Å². The van der Waals surface area contributed by atoms with Crippen molar-refractivity contribution in [1.29, 1.82) is 0 Å². The molecule has 3 rings (SSSR count). The molecule has 1 N–H and O–H groups in total. The van der Waals surface area contributed by atoms with Crippen LogP contribution in [0.15, 0.2) is 18.2 Å². The zero-order chi connectivity index (χ0) is 11.9. The standard InChI is InChI=1S/C13H17NO3/c1-13(2)12(15-6-5-14-13)9-3-4-10-11(7-9)17-8-16-10/h3-4,7,12,14H,5-6,8H2,1-2H3. The van der Waals surface area contributed by atoms with Crippen LogP contribution in [0.2, 0.25) is 0 Å². The maximum absolute atomic E-state index is 5.88. The molecule has 0 saturated carbocycles. The van der Waals surface area contributed by atoms with Crippen LogP contribution in [-0.4, -0.2) is 25.5 Å². The molecule has 1 saturated heterocycles. The van der Waals surface area contributed by atoms with E-state index in [-0.39, 0.29) is 11.6 Å². The molecule has 2 heterocycles. The van der Waals surface area contributed by atoms with E-state index in [9.17, 15) is 0 Å². The molecule has 1 aromatic carbocycles. The largest absolute Gasteiger partial charge is 0.454 e. The Labute approximate surface area is 101 Å². The minimum absolute atomic E-state index is 0.0470. The molecule has 1 aromatic rings. The van der Waals surface area contributed by atoms with E-state index in [1.165, 1.54) is 0 Å². The summed E-state index contributed by atoms with van der Waals surface area (Å²) < 4.78 is 16.6. The Morgan fingerprint density at radius 3 is 2.88 bits per heavy atom. The third kappa shape index (κ3) is 1.87. The number of nitrogens with one attached hydrogen (secondary N) is 1. The molecule has 0 aromatic heterocycles. The maximum atomic E-state index is 5.88. The zero-order valence-electron chi connectivity index (χ0n) is 10.2. The van der Waals surface area contributed by atoms with Crippen molar-refractivity contribution in [3.05, 3.63) is 23.8 Å². The number of morpholine rings is 1. The van der Waals surface area contributed by atoms with Crippen LogP contribution in [0.5, 0.6) is 11.5 Å². The highest BCUT2D eigenvalue weighted by atomic mass is 16.7. The first-order valence-corrected chi connectivity index (χ1v) is 5.93. The zero-order valence-corrected chi connectivity index (χ0v) is 10.2. The van der Waals surface area contributed by atoms with Gasteiger partial charge in [-0.3, -0.25) is 0 Å². The molecule has 92 valence electrons. The van der Waals surface area contributed by atoms with Gasteiger partial charge in [0.05, 0.1) is 6.61 Å². The molecule has 0 amide bonds. The molecule has 0 radical (unpaired) electrons. The fourth-order valence-electron chi connectivity index (χ4n) is 2.44. The van der Waals surface area contributed by atoms with E-state index < -0.39 is 0 Å². The summed E-state index contributed by atoms with van der Waals surface area (Å²) in [6.07, 6.45) is 0.0470. The molecule has 0 bridgehead atoms. The summed E-state index contributed by atoms with van der Waals surface area (Å²) in [7, 11) is 0. The summed E-state index contributed by atoms with van der Waals surface area (Å²) in [6.45, 7) is 6.26. The van der Waals surface area contributed by atoms with Crippen molar-refractivity contribution in [2.75, 3.05) is 19.9 Å². The second-order valence-corrected chi connectivity index (χ2v) is 5.01. The summed E-state index contributed by atoms with van der Waals surface area (Å²) in [5, 5.41) is 3.48. The number of hydrogen-bond donors (Lipinski definition) is 1. The van der Waals surface area contributed by atoms with Crippen LogP contribution in [0.1, 0.15) is 25.5 Å². The van der Waals surface area contributed by atoms with Gasteiger partial charge < -0.3 is 19.5 Å². The number of ether oxygens (including phenoxy) is 3. The van der Waals surface area contributed by atoms with Crippen LogP contribution >= 0.6 is 0 Å². The average molecular weight is 235 g/mol. The van der Waals surface area contributed by atoms with Gasteiger partial charge in [-0.05, 0) is 31.5 Å². The molecule has 2 aliphatic rings. The third-order valence-corrected chi connectivity index (χ3v) is 3.32. The normalized spacial score (nSPS) is 25.9. The molecule has 0 spiro atoms. The van der Waals surface area contributed by atoms with E-state index >= 15 is 0 Å². The van der Waals surface area contributed by atoms with Gasteiger partial charge in [-0.2, -0.15) is 0 Å². The molecule has 0 aliphatic carbocycles. The predicted octanol–water partition coefficient (Wildman–Crippen LogP) is 1.85. The lowest BCUT2D eigenvalue weighted by molar-refractivity contribution is -0.0388. The van der Waals surface area contributed by atoms with Crippen molar-refractivity contribution >= 4 is 0 Å². The summed E-state index contributed by atoms with van der Waals surface area (Å²) in [6, 6.07) is 6.01. The van der Waals surface area contributed by atoms with Crippen LogP contribution < -0.4 is 14.8 Å². The van der Waals surface area contributed by atoms with E-state index in [2.05, 4.69) is 19.2 Å². The lowest BCUT2D eigenvalue weighted by Gasteiger charge is -2.39. The molecular weight excluding hydrogens is 218 g/mol. The third-order valence-electron chi connectivity index (χ3n) is 3.32. The van der Waals surface area contributed by atoms with Gasteiger partial charge in [-0.15, -0.1) is 0 Å². The average Bonchev–Trinajstić information content (AvgIpc) is 2.75. The van der Waals surface area contributed by atoms with Gasteiger partial charge in [0.15, 0.2) is 11.5 Å². The molecule has 4 heteroatoms. The van der Waals surface area contributed by atoms with E-state index in [4.69, 9.17) is 14.2 Å². The Morgan fingerprint density at radius 1 is 1.24 bits per heavy atom. The number of hydrogen-bond acceptors (Lipinski definition) is 4. The summed E-state index contributed by atoms with van der Waals surface area (Å²) in [4.78, 5) is 0. The number of fused-ring (bicyclic) bond motifs is 1. The summed E-state index contributed by atoms with van der Waals surface area (Å²) in [5.41, 5.74) is 1.07. The lowest BCUT2D eigenvalue weighted by atomic mass is 9.90. The first-order chi connectivity index (χ1) is 8.17.